The van der Waals surface area contributed by atoms with Crippen molar-refractivity contribution in [1.29, 1.82) is 0 Å². The van der Waals surface area contributed by atoms with Crippen molar-refractivity contribution in [2.75, 3.05) is 0 Å². The maximum absolute atomic E-state index is 10.2. The SMILES string of the molecule is CCCc1ccc(CC=O)cc1. The topological polar surface area (TPSA) is 17.1 Å². The normalized spacial score (nSPS) is 9.75. The van der Waals surface area contributed by atoms with E-state index < -0.39 is 0 Å². The molecule has 64 valence electrons. The molecule has 1 nitrogen and oxygen atoms in total. The monoisotopic (exact) mass is 162 g/mol. The molecule has 0 aliphatic heterocycles. The Morgan fingerprint density at radius 3 is 2.25 bits per heavy atom. The van der Waals surface area contributed by atoms with Crippen molar-refractivity contribution in [3.63, 3.8) is 0 Å². The summed E-state index contributed by atoms with van der Waals surface area (Å²) in [6.07, 6.45) is 3.77. The molecule has 0 bridgehead atoms. The van der Waals surface area contributed by atoms with E-state index in [-0.39, 0.29) is 0 Å². The zero-order chi connectivity index (χ0) is 8.81. The fraction of sp³-hybridized carbons (Fsp3) is 0.364. The number of benzene rings is 1. The van der Waals surface area contributed by atoms with Gasteiger partial charge in [-0.3, -0.25) is 0 Å². The number of aldehydes is 1. The molecule has 0 saturated heterocycles. The van der Waals surface area contributed by atoms with Gasteiger partial charge in [-0.05, 0) is 17.5 Å². The fourth-order valence-electron chi connectivity index (χ4n) is 1.23. The lowest BCUT2D eigenvalue weighted by Gasteiger charge is -1.99. The third kappa shape index (κ3) is 2.50. The molecule has 1 heteroatoms. The highest BCUT2D eigenvalue weighted by molar-refractivity contribution is 5.54. The number of carbonyl (C=O) groups is 1. The molecule has 1 aromatic rings. The first-order chi connectivity index (χ1) is 5.86. The Kier molecular flexibility index (Phi) is 3.52. The second-order valence-electron chi connectivity index (χ2n) is 2.94. The van der Waals surface area contributed by atoms with Crippen LogP contribution in [0, 0.1) is 0 Å². The molecular formula is C11H14O. The van der Waals surface area contributed by atoms with E-state index in [1.54, 1.807) is 0 Å². The molecule has 0 aromatic heterocycles. The van der Waals surface area contributed by atoms with Crippen LogP contribution >= 0.6 is 0 Å². The first-order valence-corrected chi connectivity index (χ1v) is 4.38. The van der Waals surface area contributed by atoms with Gasteiger partial charge in [0.25, 0.3) is 0 Å². The maximum atomic E-state index is 10.2. The highest BCUT2D eigenvalue weighted by Gasteiger charge is 1.92. The number of hydrogen-bond donors (Lipinski definition) is 0. The minimum absolute atomic E-state index is 0.534. The van der Waals surface area contributed by atoms with E-state index in [1.807, 2.05) is 12.1 Å². The van der Waals surface area contributed by atoms with Gasteiger partial charge in [0.15, 0.2) is 0 Å². The Labute approximate surface area is 73.4 Å². The summed E-state index contributed by atoms with van der Waals surface area (Å²) in [5, 5.41) is 0. The van der Waals surface area contributed by atoms with Gasteiger partial charge in [0.1, 0.15) is 6.29 Å². The standard InChI is InChI=1S/C11H14O/c1-2-3-10-4-6-11(7-5-10)8-9-12/h4-7,9H,2-3,8H2,1H3. The largest absolute Gasteiger partial charge is 0.303 e. The lowest BCUT2D eigenvalue weighted by Crippen LogP contribution is -1.87. The Balaban J connectivity index is 2.64. The van der Waals surface area contributed by atoms with E-state index in [0.29, 0.717) is 6.42 Å². The molecule has 1 rings (SSSR count). The highest BCUT2D eigenvalue weighted by atomic mass is 16.1. The van der Waals surface area contributed by atoms with Crippen molar-refractivity contribution in [3.05, 3.63) is 35.4 Å². The van der Waals surface area contributed by atoms with Crippen LogP contribution in [-0.2, 0) is 17.6 Å². The number of carbonyl (C=O) groups excluding carboxylic acids is 1. The molecule has 12 heavy (non-hydrogen) atoms. The molecule has 0 fully saturated rings. The molecule has 0 saturated carbocycles. The molecule has 0 unspecified atom stereocenters. The van der Waals surface area contributed by atoms with Gasteiger partial charge in [-0.1, -0.05) is 37.6 Å². The Morgan fingerprint density at radius 2 is 1.75 bits per heavy atom. The second kappa shape index (κ2) is 4.70. The predicted molar refractivity (Wildman–Crippen MR) is 50.2 cm³/mol. The first-order valence-electron chi connectivity index (χ1n) is 4.38. The third-order valence-corrected chi connectivity index (χ3v) is 1.88. The van der Waals surface area contributed by atoms with Gasteiger partial charge in [-0.25, -0.2) is 0 Å². The van der Waals surface area contributed by atoms with Crippen molar-refractivity contribution < 1.29 is 4.79 Å². The van der Waals surface area contributed by atoms with Gasteiger partial charge in [0.05, 0.1) is 0 Å². The van der Waals surface area contributed by atoms with Crippen LogP contribution in [-0.4, -0.2) is 6.29 Å². The van der Waals surface area contributed by atoms with Gasteiger partial charge in [0, 0.05) is 6.42 Å². The van der Waals surface area contributed by atoms with E-state index in [9.17, 15) is 4.79 Å². The van der Waals surface area contributed by atoms with Crippen LogP contribution in [0.3, 0.4) is 0 Å². The van der Waals surface area contributed by atoms with E-state index in [2.05, 4.69) is 19.1 Å². The summed E-state index contributed by atoms with van der Waals surface area (Å²) in [7, 11) is 0. The van der Waals surface area contributed by atoms with Crippen LogP contribution in [0.4, 0.5) is 0 Å². The van der Waals surface area contributed by atoms with E-state index >= 15 is 0 Å². The summed E-state index contributed by atoms with van der Waals surface area (Å²) in [6, 6.07) is 8.25. The number of rotatable bonds is 4. The van der Waals surface area contributed by atoms with Gasteiger partial charge >= 0.3 is 0 Å². The summed E-state index contributed by atoms with van der Waals surface area (Å²) in [5.41, 5.74) is 2.46. The van der Waals surface area contributed by atoms with Crippen LogP contribution in [0.25, 0.3) is 0 Å². The van der Waals surface area contributed by atoms with Crippen molar-refractivity contribution in [2.24, 2.45) is 0 Å². The molecule has 0 heterocycles. The lowest BCUT2D eigenvalue weighted by atomic mass is 10.1. The summed E-state index contributed by atoms with van der Waals surface area (Å²) < 4.78 is 0. The first kappa shape index (κ1) is 8.98. The van der Waals surface area contributed by atoms with Crippen LogP contribution < -0.4 is 0 Å². The maximum Gasteiger partial charge on any atom is 0.124 e. The van der Waals surface area contributed by atoms with Crippen molar-refractivity contribution in [2.45, 2.75) is 26.2 Å². The molecule has 0 N–H and O–H groups in total. The van der Waals surface area contributed by atoms with Crippen molar-refractivity contribution >= 4 is 6.29 Å². The van der Waals surface area contributed by atoms with E-state index in [4.69, 9.17) is 0 Å². The zero-order valence-electron chi connectivity index (χ0n) is 7.42. The molecule has 0 amide bonds. The average Bonchev–Trinajstić information content (AvgIpc) is 2.09. The minimum Gasteiger partial charge on any atom is -0.303 e. The van der Waals surface area contributed by atoms with E-state index in [0.717, 1.165) is 18.3 Å². The van der Waals surface area contributed by atoms with Crippen molar-refractivity contribution in [3.8, 4) is 0 Å². The third-order valence-electron chi connectivity index (χ3n) is 1.88. The minimum atomic E-state index is 0.534. The quantitative estimate of drug-likeness (QED) is 0.621. The summed E-state index contributed by atoms with van der Waals surface area (Å²) in [6.45, 7) is 2.17. The highest BCUT2D eigenvalue weighted by Crippen LogP contribution is 2.06. The van der Waals surface area contributed by atoms with Crippen LogP contribution in [0.5, 0.6) is 0 Å². The van der Waals surface area contributed by atoms with Crippen LogP contribution in [0.1, 0.15) is 24.5 Å². The van der Waals surface area contributed by atoms with Gasteiger partial charge < -0.3 is 4.79 Å². The van der Waals surface area contributed by atoms with Gasteiger partial charge in [0.2, 0.25) is 0 Å². The average molecular weight is 162 g/mol. The van der Waals surface area contributed by atoms with Gasteiger partial charge in [-0.2, -0.15) is 0 Å². The molecule has 0 atom stereocenters. The van der Waals surface area contributed by atoms with E-state index in [1.165, 1.54) is 12.0 Å². The zero-order valence-corrected chi connectivity index (χ0v) is 7.42. The van der Waals surface area contributed by atoms with Crippen LogP contribution in [0.2, 0.25) is 0 Å². The number of aryl methyl sites for hydroxylation is 1. The molecule has 1 aromatic carbocycles. The fourth-order valence-corrected chi connectivity index (χ4v) is 1.23. The summed E-state index contributed by atoms with van der Waals surface area (Å²) in [4.78, 5) is 10.2. The Bertz CT molecular complexity index is 236. The van der Waals surface area contributed by atoms with Crippen LogP contribution in [0.15, 0.2) is 24.3 Å². The Hall–Kier alpha value is -1.11. The van der Waals surface area contributed by atoms with Crippen molar-refractivity contribution in [1.82, 2.24) is 0 Å². The smallest absolute Gasteiger partial charge is 0.124 e. The Morgan fingerprint density at radius 1 is 1.17 bits per heavy atom. The molecule has 0 spiro atoms. The summed E-state index contributed by atoms with van der Waals surface area (Å²) >= 11 is 0. The lowest BCUT2D eigenvalue weighted by molar-refractivity contribution is -0.107. The summed E-state index contributed by atoms with van der Waals surface area (Å²) in [5.74, 6) is 0. The second-order valence-corrected chi connectivity index (χ2v) is 2.94. The predicted octanol–water partition coefficient (Wildman–Crippen LogP) is 2.38. The molecular weight excluding hydrogens is 148 g/mol. The molecule has 0 aliphatic carbocycles. The molecule has 0 radical (unpaired) electrons. The molecule has 0 aliphatic rings. The van der Waals surface area contributed by atoms with Gasteiger partial charge in [-0.15, -0.1) is 0 Å². The number of hydrogen-bond acceptors (Lipinski definition) is 1.